The summed E-state index contributed by atoms with van der Waals surface area (Å²) >= 11 is 0. The van der Waals surface area contributed by atoms with Crippen molar-refractivity contribution < 1.29 is 55.3 Å². The van der Waals surface area contributed by atoms with E-state index >= 15 is 0 Å². The van der Waals surface area contributed by atoms with Gasteiger partial charge < -0.3 is 16.9 Å². The van der Waals surface area contributed by atoms with E-state index in [-0.39, 0.29) is 48.1 Å². The predicted octanol–water partition coefficient (Wildman–Crippen LogP) is -3.79. The molecule has 0 saturated heterocycles. The summed E-state index contributed by atoms with van der Waals surface area (Å²) in [6.45, 7) is 4.22. The van der Waals surface area contributed by atoms with Crippen LogP contribution in [-0.4, -0.2) is 12.8 Å². The van der Waals surface area contributed by atoms with E-state index in [1.54, 1.807) is 13.8 Å². The second-order valence-electron chi connectivity index (χ2n) is 1.90. The van der Waals surface area contributed by atoms with Gasteiger partial charge in [-0.2, -0.15) is 4.20 Å². The Labute approximate surface area is 89.2 Å². The molecule has 10 heavy (non-hydrogen) atoms. The molecule has 0 aliphatic carbocycles. The molecule has 0 aromatic heterocycles. The zero-order valence-corrected chi connectivity index (χ0v) is 10.2. The average molecular weight is 199 g/mol. The third-order valence-electron chi connectivity index (χ3n) is 0.399. The van der Waals surface area contributed by atoms with E-state index in [1.165, 1.54) is 0 Å². The first kappa shape index (κ1) is 17.5. The Hall–Kier alpha value is 1.41. The van der Waals surface area contributed by atoms with Crippen LogP contribution in [0.1, 0.15) is 13.8 Å². The molecule has 1 unspecified atom stereocenters. The van der Waals surface area contributed by atoms with E-state index in [0.29, 0.717) is 0 Å². The van der Waals surface area contributed by atoms with Gasteiger partial charge in [0.25, 0.3) is 0 Å². The fourth-order valence-electron chi connectivity index (χ4n) is 0.377. The predicted molar refractivity (Wildman–Crippen MR) is 30.9 cm³/mol. The van der Waals surface area contributed by atoms with Crippen molar-refractivity contribution in [3.63, 3.8) is 0 Å². The zero-order valence-electron chi connectivity index (χ0n) is 6.60. The standard InChI is InChI=1S/C4H10FO2P.ClH.Na/c1-4(2)7-8(3,5)6;;/h4H,1-3H3;1H;/q;;+1/p-1. The molecule has 0 heterocycles. The summed E-state index contributed by atoms with van der Waals surface area (Å²) in [5.74, 6) is 0. The molecule has 6 heteroatoms. The third kappa shape index (κ3) is 16.2. The molecule has 58 valence electrons. The molecule has 0 aromatic carbocycles. The van der Waals surface area contributed by atoms with E-state index in [0.717, 1.165) is 6.66 Å². The van der Waals surface area contributed by atoms with Crippen LogP contribution in [0.3, 0.4) is 0 Å². The Morgan fingerprint density at radius 3 is 1.80 bits per heavy atom. The molecule has 0 spiro atoms. The SMILES string of the molecule is CC(C)OP(C)(=O)F.[Cl-].[Na+]. The van der Waals surface area contributed by atoms with Crippen molar-refractivity contribution in [1.82, 2.24) is 0 Å². The first-order chi connectivity index (χ1) is 3.42. The quantitative estimate of drug-likeness (QED) is 0.336. The van der Waals surface area contributed by atoms with Crippen molar-refractivity contribution in [1.29, 1.82) is 0 Å². The summed E-state index contributed by atoms with van der Waals surface area (Å²) in [4.78, 5) is 0. The normalized spacial score (nSPS) is 14.9. The minimum Gasteiger partial charge on any atom is -1.00 e. The summed E-state index contributed by atoms with van der Waals surface area (Å²) < 4.78 is 26.4. The van der Waals surface area contributed by atoms with Crippen LogP contribution in [0.4, 0.5) is 4.20 Å². The van der Waals surface area contributed by atoms with Gasteiger partial charge in [-0.3, -0.25) is 4.57 Å². The number of hydrogen-bond donors (Lipinski definition) is 0. The second kappa shape index (κ2) is 7.08. The number of halogens is 2. The van der Waals surface area contributed by atoms with E-state index in [2.05, 4.69) is 4.52 Å². The van der Waals surface area contributed by atoms with Crippen molar-refractivity contribution >= 4 is 7.68 Å². The van der Waals surface area contributed by atoms with Crippen LogP contribution < -0.4 is 42.0 Å². The van der Waals surface area contributed by atoms with Crippen molar-refractivity contribution in [2.24, 2.45) is 0 Å². The molecule has 1 atom stereocenters. The van der Waals surface area contributed by atoms with Gasteiger partial charge in [0, 0.05) is 6.66 Å². The van der Waals surface area contributed by atoms with Gasteiger partial charge in [0.15, 0.2) is 0 Å². The average Bonchev–Trinajstić information content (AvgIpc) is 1.21. The van der Waals surface area contributed by atoms with Crippen LogP contribution in [0.2, 0.25) is 0 Å². The summed E-state index contributed by atoms with van der Waals surface area (Å²) in [7, 11) is -3.72. The monoisotopic (exact) mass is 198 g/mol. The molecule has 0 bridgehead atoms. The molecule has 0 N–H and O–H groups in total. The van der Waals surface area contributed by atoms with E-state index in [9.17, 15) is 8.76 Å². The Morgan fingerprint density at radius 2 is 1.80 bits per heavy atom. The number of hydrogen-bond acceptors (Lipinski definition) is 2. The van der Waals surface area contributed by atoms with E-state index < -0.39 is 7.68 Å². The first-order valence-corrected chi connectivity index (χ1v) is 4.33. The van der Waals surface area contributed by atoms with Gasteiger partial charge in [0.2, 0.25) is 0 Å². The van der Waals surface area contributed by atoms with Crippen molar-refractivity contribution in [3.05, 3.63) is 0 Å². The van der Waals surface area contributed by atoms with E-state index in [4.69, 9.17) is 0 Å². The fraction of sp³-hybridized carbons (Fsp3) is 1.00. The Bertz CT molecular complexity index is 116. The van der Waals surface area contributed by atoms with Gasteiger partial charge in [-0.25, -0.2) is 0 Å². The van der Waals surface area contributed by atoms with Gasteiger partial charge in [0.1, 0.15) is 0 Å². The molecule has 0 aliphatic rings. The molecular weight excluding hydrogens is 188 g/mol. The minimum atomic E-state index is -3.72. The summed E-state index contributed by atoms with van der Waals surface area (Å²) in [5.41, 5.74) is 0. The Kier molecular flexibility index (Phi) is 12.4. The third-order valence-corrected chi connectivity index (χ3v) is 1.20. The zero-order chi connectivity index (χ0) is 6.78. The molecule has 0 rings (SSSR count). The maximum atomic E-state index is 12.0. The van der Waals surface area contributed by atoms with Crippen LogP contribution in [0.25, 0.3) is 0 Å². The van der Waals surface area contributed by atoms with Gasteiger partial charge >= 0.3 is 37.2 Å². The van der Waals surface area contributed by atoms with Crippen LogP contribution in [0.15, 0.2) is 0 Å². The Balaban J connectivity index is -0.000000245. The van der Waals surface area contributed by atoms with Crippen LogP contribution in [-0.2, 0) is 9.09 Å². The first-order valence-electron chi connectivity index (χ1n) is 2.37. The van der Waals surface area contributed by atoms with Crippen molar-refractivity contribution in [3.8, 4) is 0 Å². The van der Waals surface area contributed by atoms with E-state index in [1.807, 2.05) is 0 Å². The Morgan fingerprint density at radius 1 is 1.50 bits per heavy atom. The van der Waals surface area contributed by atoms with Gasteiger partial charge in [-0.05, 0) is 13.8 Å². The van der Waals surface area contributed by atoms with Crippen LogP contribution in [0.5, 0.6) is 0 Å². The minimum absolute atomic E-state index is 0. The van der Waals surface area contributed by atoms with Crippen LogP contribution >= 0.6 is 7.68 Å². The molecule has 0 amide bonds. The maximum absolute atomic E-state index is 12.0. The number of rotatable bonds is 2. The molecule has 0 aromatic rings. The largest absolute Gasteiger partial charge is 1.00 e. The van der Waals surface area contributed by atoms with Crippen LogP contribution in [0, 0.1) is 0 Å². The molecule has 0 radical (unpaired) electrons. The smallest absolute Gasteiger partial charge is 1.00 e. The maximum Gasteiger partial charge on any atom is 1.00 e. The van der Waals surface area contributed by atoms with Gasteiger partial charge in [0.05, 0.1) is 6.10 Å². The van der Waals surface area contributed by atoms with Crippen molar-refractivity contribution in [2.45, 2.75) is 20.0 Å². The molecule has 0 fully saturated rings. The van der Waals surface area contributed by atoms with Gasteiger partial charge in [-0.15, -0.1) is 0 Å². The second-order valence-corrected chi connectivity index (χ2v) is 3.61. The fourth-order valence-corrected chi connectivity index (χ4v) is 1.13. The molecular formula is C4H10ClFNaO2P. The molecule has 0 aliphatic heterocycles. The summed E-state index contributed by atoms with van der Waals surface area (Å²) in [6, 6.07) is 0. The summed E-state index contributed by atoms with van der Waals surface area (Å²) in [5, 5.41) is 0. The molecule has 2 nitrogen and oxygen atoms in total. The van der Waals surface area contributed by atoms with Crippen molar-refractivity contribution in [2.75, 3.05) is 6.66 Å². The van der Waals surface area contributed by atoms with Gasteiger partial charge in [-0.1, -0.05) is 0 Å². The topological polar surface area (TPSA) is 26.3 Å². The summed E-state index contributed by atoms with van der Waals surface area (Å²) in [6.07, 6.45) is -0.296. The molecule has 0 saturated carbocycles.